The summed E-state index contributed by atoms with van der Waals surface area (Å²) in [5.41, 5.74) is 6.49. The molecule has 0 unspecified atom stereocenters. The van der Waals surface area contributed by atoms with Crippen molar-refractivity contribution in [2.24, 2.45) is 0 Å². The average Bonchev–Trinajstić information content (AvgIpc) is 3.36. The van der Waals surface area contributed by atoms with Gasteiger partial charge in [0.05, 0.1) is 26.4 Å². The van der Waals surface area contributed by atoms with Crippen LogP contribution in [0.1, 0.15) is 22.3 Å². The molecular formula is C28H20O3S. The first-order chi connectivity index (χ1) is 15.8. The molecular weight excluding hydrogens is 416 g/mol. The van der Waals surface area contributed by atoms with E-state index in [0.717, 1.165) is 33.1 Å². The summed E-state index contributed by atoms with van der Waals surface area (Å²) in [6.45, 7) is 2.31. The number of rotatable bonds is 0. The predicted molar refractivity (Wildman–Crippen MR) is 130 cm³/mol. The van der Waals surface area contributed by atoms with Crippen molar-refractivity contribution in [3.8, 4) is 0 Å². The van der Waals surface area contributed by atoms with Gasteiger partial charge in [-0.25, -0.2) is 0 Å². The standard InChI is InChI=1S/C28H20O3S/c1-5-25-21-9-17(1)13-29-15-19-3-7-27-23(11-19)24-12-20(4-8-28(24)32-27)16-30-14-18-2-6-26(31-25)22(21)10-18/h1-12H,13-16H2. The summed E-state index contributed by atoms with van der Waals surface area (Å²) in [6.07, 6.45) is 0. The molecule has 7 rings (SSSR count). The zero-order valence-electron chi connectivity index (χ0n) is 17.4. The molecule has 1 aliphatic rings. The normalized spacial score (nSPS) is 14.8. The van der Waals surface area contributed by atoms with E-state index in [4.69, 9.17) is 13.9 Å². The Balaban J connectivity index is 1.35. The van der Waals surface area contributed by atoms with Crippen LogP contribution in [0.2, 0.25) is 0 Å². The monoisotopic (exact) mass is 436 g/mol. The second-order valence-corrected chi connectivity index (χ2v) is 9.60. The van der Waals surface area contributed by atoms with E-state index >= 15 is 0 Å². The molecule has 0 radical (unpaired) electrons. The number of hydrogen-bond acceptors (Lipinski definition) is 4. The summed E-state index contributed by atoms with van der Waals surface area (Å²) < 4.78 is 20.9. The van der Waals surface area contributed by atoms with E-state index in [2.05, 4.69) is 60.7 Å². The molecule has 3 heterocycles. The van der Waals surface area contributed by atoms with Crippen molar-refractivity contribution in [1.29, 1.82) is 0 Å². The minimum Gasteiger partial charge on any atom is -0.456 e. The maximum Gasteiger partial charge on any atom is 0.135 e. The SMILES string of the molecule is c1cc2oc3ccc4cc3c2cc1COCc1ccc2sc3ccc(cc3c2c1)COC4. The van der Waals surface area contributed by atoms with Gasteiger partial charge in [-0.15, -0.1) is 11.3 Å². The Morgan fingerprint density at radius 1 is 0.469 bits per heavy atom. The van der Waals surface area contributed by atoms with Gasteiger partial charge in [0, 0.05) is 30.9 Å². The lowest BCUT2D eigenvalue weighted by atomic mass is 10.1. The molecule has 0 atom stereocenters. The van der Waals surface area contributed by atoms with E-state index in [9.17, 15) is 0 Å². The minimum absolute atomic E-state index is 0.567. The van der Waals surface area contributed by atoms with E-state index in [1.54, 1.807) is 0 Å². The molecule has 32 heavy (non-hydrogen) atoms. The Morgan fingerprint density at radius 2 is 0.875 bits per heavy atom. The third kappa shape index (κ3) is 3.03. The number of furan rings is 1. The van der Waals surface area contributed by atoms with Crippen LogP contribution in [-0.4, -0.2) is 0 Å². The third-order valence-electron chi connectivity index (χ3n) is 6.27. The molecule has 0 aliphatic carbocycles. The second-order valence-electron chi connectivity index (χ2n) is 8.51. The smallest absolute Gasteiger partial charge is 0.135 e. The first-order valence-electron chi connectivity index (χ1n) is 10.8. The van der Waals surface area contributed by atoms with Gasteiger partial charge in [0.25, 0.3) is 0 Å². The Hall–Kier alpha value is -3.18. The van der Waals surface area contributed by atoms with Crippen LogP contribution in [0.15, 0.2) is 77.2 Å². The van der Waals surface area contributed by atoms with Gasteiger partial charge in [0.1, 0.15) is 11.2 Å². The molecule has 0 saturated carbocycles. The summed E-state index contributed by atoms with van der Waals surface area (Å²) in [6, 6.07) is 26.0. The van der Waals surface area contributed by atoms with Gasteiger partial charge in [-0.05, 0) is 70.8 Å². The van der Waals surface area contributed by atoms with Crippen molar-refractivity contribution in [3.05, 3.63) is 95.1 Å². The van der Waals surface area contributed by atoms with Gasteiger partial charge in [-0.1, -0.05) is 24.3 Å². The van der Waals surface area contributed by atoms with Gasteiger partial charge in [0.2, 0.25) is 0 Å². The molecule has 0 saturated heterocycles. The molecule has 0 N–H and O–H groups in total. The van der Waals surface area contributed by atoms with Crippen molar-refractivity contribution in [2.45, 2.75) is 26.4 Å². The molecule has 4 heteroatoms. The van der Waals surface area contributed by atoms with Gasteiger partial charge < -0.3 is 13.9 Å². The van der Waals surface area contributed by atoms with Gasteiger partial charge in [-0.2, -0.15) is 0 Å². The number of fused-ring (bicyclic) bond motifs is 4. The van der Waals surface area contributed by atoms with E-state index in [1.165, 1.54) is 31.3 Å². The fraction of sp³-hybridized carbons (Fsp3) is 0.143. The van der Waals surface area contributed by atoms with Crippen molar-refractivity contribution < 1.29 is 13.9 Å². The number of benzene rings is 4. The first-order valence-corrected chi connectivity index (χ1v) is 11.7. The number of thiophene rings is 1. The summed E-state index contributed by atoms with van der Waals surface area (Å²) in [5.74, 6) is 0. The fourth-order valence-electron chi connectivity index (χ4n) is 4.68. The molecule has 0 spiro atoms. The van der Waals surface area contributed by atoms with Gasteiger partial charge in [-0.3, -0.25) is 0 Å². The highest BCUT2D eigenvalue weighted by Crippen LogP contribution is 2.36. The third-order valence-corrected chi connectivity index (χ3v) is 7.42. The fourth-order valence-corrected chi connectivity index (χ4v) is 5.74. The van der Waals surface area contributed by atoms with Gasteiger partial charge >= 0.3 is 0 Å². The molecule has 0 amide bonds. The van der Waals surface area contributed by atoms with E-state index in [-0.39, 0.29) is 0 Å². The van der Waals surface area contributed by atoms with Crippen molar-refractivity contribution >= 4 is 53.4 Å². The van der Waals surface area contributed by atoms with Crippen LogP contribution in [0.4, 0.5) is 0 Å². The Morgan fingerprint density at radius 3 is 1.34 bits per heavy atom. The predicted octanol–water partition coefficient (Wildman–Crippen LogP) is 7.70. The highest BCUT2D eigenvalue weighted by molar-refractivity contribution is 7.25. The van der Waals surface area contributed by atoms with Crippen LogP contribution in [-0.2, 0) is 35.9 Å². The van der Waals surface area contributed by atoms with Crippen LogP contribution < -0.4 is 0 Å². The van der Waals surface area contributed by atoms with E-state index in [1.807, 2.05) is 23.5 Å². The van der Waals surface area contributed by atoms with Crippen LogP contribution in [0.5, 0.6) is 0 Å². The quantitative estimate of drug-likeness (QED) is 0.244. The van der Waals surface area contributed by atoms with E-state index < -0.39 is 0 Å². The first kappa shape index (κ1) is 18.4. The van der Waals surface area contributed by atoms with Crippen LogP contribution >= 0.6 is 11.3 Å². The lowest BCUT2D eigenvalue weighted by molar-refractivity contribution is 0.107. The van der Waals surface area contributed by atoms with Crippen LogP contribution in [0.25, 0.3) is 42.1 Å². The molecule has 1 aliphatic heterocycles. The van der Waals surface area contributed by atoms with Crippen LogP contribution in [0, 0.1) is 0 Å². The van der Waals surface area contributed by atoms with Crippen molar-refractivity contribution in [2.75, 3.05) is 0 Å². The molecule has 4 aromatic carbocycles. The number of hydrogen-bond donors (Lipinski definition) is 0. The highest BCUT2D eigenvalue weighted by Gasteiger charge is 2.11. The van der Waals surface area contributed by atoms with Crippen LogP contribution in [0.3, 0.4) is 0 Å². The maximum absolute atomic E-state index is 6.11. The second kappa shape index (κ2) is 7.17. The topological polar surface area (TPSA) is 31.6 Å². The Kier molecular flexibility index (Phi) is 4.12. The summed E-state index contributed by atoms with van der Waals surface area (Å²) in [5, 5.41) is 4.84. The molecule has 6 aromatic rings. The molecule has 8 bridgehead atoms. The Labute approximate surface area is 188 Å². The lowest BCUT2D eigenvalue weighted by Crippen LogP contribution is -1.95. The van der Waals surface area contributed by atoms with Crippen molar-refractivity contribution in [1.82, 2.24) is 0 Å². The maximum atomic E-state index is 6.11. The number of ether oxygens (including phenoxy) is 2. The Bertz CT molecular complexity index is 1400. The zero-order valence-corrected chi connectivity index (χ0v) is 18.2. The lowest BCUT2D eigenvalue weighted by Gasteiger charge is -2.07. The minimum atomic E-state index is 0.567. The average molecular weight is 437 g/mol. The summed E-state index contributed by atoms with van der Waals surface area (Å²) in [7, 11) is 0. The highest BCUT2D eigenvalue weighted by atomic mass is 32.1. The van der Waals surface area contributed by atoms with Crippen molar-refractivity contribution in [3.63, 3.8) is 0 Å². The molecule has 3 nitrogen and oxygen atoms in total. The van der Waals surface area contributed by atoms with Gasteiger partial charge in [0.15, 0.2) is 0 Å². The largest absolute Gasteiger partial charge is 0.456 e. The zero-order chi connectivity index (χ0) is 21.1. The summed E-state index contributed by atoms with van der Waals surface area (Å²) in [4.78, 5) is 0. The van der Waals surface area contributed by atoms with E-state index in [0.29, 0.717) is 26.4 Å². The summed E-state index contributed by atoms with van der Waals surface area (Å²) >= 11 is 1.84. The molecule has 0 fully saturated rings. The molecule has 156 valence electrons. The molecule has 2 aromatic heterocycles.